The van der Waals surface area contributed by atoms with Gasteiger partial charge in [0.2, 0.25) is 0 Å². The first-order valence-electron chi connectivity index (χ1n) is 12.2. The Bertz CT molecular complexity index is 1190. The van der Waals surface area contributed by atoms with Gasteiger partial charge in [0.15, 0.2) is 23.1 Å². The highest BCUT2D eigenvalue weighted by Crippen LogP contribution is 2.49. The number of rotatable bonds is 8. The lowest BCUT2D eigenvalue weighted by atomic mass is 9.98. The lowest BCUT2D eigenvalue weighted by molar-refractivity contribution is 0.352. The van der Waals surface area contributed by atoms with E-state index in [9.17, 15) is 8.78 Å². The van der Waals surface area contributed by atoms with Crippen LogP contribution in [0, 0.1) is 11.6 Å². The number of hydrogen-bond acceptors (Lipinski definition) is 5. The van der Waals surface area contributed by atoms with Crippen LogP contribution in [-0.2, 0) is 6.54 Å². The molecule has 2 aromatic carbocycles. The minimum Gasteiger partial charge on any atom is -0.493 e. The molecule has 1 aliphatic carbocycles. The minimum atomic E-state index is -0.831. The summed E-state index contributed by atoms with van der Waals surface area (Å²) in [5.41, 5.74) is 4.88. The van der Waals surface area contributed by atoms with Crippen molar-refractivity contribution >= 4 is 5.69 Å². The zero-order valence-electron chi connectivity index (χ0n) is 20.2. The lowest BCUT2D eigenvalue weighted by Crippen LogP contribution is -2.43. The molecule has 35 heavy (non-hydrogen) atoms. The fourth-order valence-corrected chi connectivity index (χ4v) is 5.00. The molecule has 1 aromatic heterocycles. The second-order valence-corrected chi connectivity index (χ2v) is 9.36. The molecule has 5 nitrogen and oxygen atoms in total. The first-order valence-corrected chi connectivity index (χ1v) is 12.2. The average Bonchev–Trinajstić information content (AvgIpc) is 3.74. The van der Waals surface area contributed by atoms with Crippen LogP contribution in [0.3, 0.4) is 0 Å². The van der Waals surface area contributed by atoms with Gasteiger partial charge in [-0.15, -0.1) is 0 Å². The average molecular weight is 480 g/mol. The fraction of sp³-hybridized carbons (Fsp3) is 0.393. The number of halogens is 2. The van der Waals surface area contributed by atoms with E-state index in [-0.39, 0.29) is 6.04 Å². The van der Waals surface area contributed by atoms with Gasteiger partial charge in [-0.2, -0.15) is 0 Å². The summed E-state index contributed by atoms with van der Waals surface area (Å²) >= 11 is 0. The summed E-state index contributed by atoms with van der Waals surface area (Å²) in [6, 6.07) is 10.7. The second-order valence-electron chi connectivity index (χ2n) is 9.36. The van der Waals surface area contributed by atoms with Gasteiger partial charge < -0.3 is 19.7 Å². The molecule has 2 aliphatic rings. The molecule has 0 amide bonds. The third kappa shape index (κ3) is 5.10. The Kier molecular flexibility index (Phi) is 6.86. The zero-order valence-corrected chi connectivity index (χ0v) is 20.2. The summed E-state index contributed by atoms with van der Waals surface area (Å²) in [7, 11) is 3.34. The highest BCUT2D eigenvalue weighted by atomic mass is 19.2. The normalized spacial score (nSPS) is 16.2. The van der Waals surface area contributed by atoms with E-state index in [2.05, 4.69) is 27.3 Å². The predicted octanol–water partition coefficient (Wildman–Crippen LogP) is 5.68. The van der Waals surface area contributed by atoms with E-state index in [0.29, 0.717) is 18.2 Å². The number of pyridine rings is 1. The van der Waals surface area contributed by atoms with Crippen molar-refractivity contribution in [3.05, 3.63) is 71.6 Å². The van der Waals surface area contributed by atoms with Crippen molar-refractivity contribution in [1.29, 1.82) is 0 Å². The molecule has 3 aromatic rings. The standard InChI is InChI=1S/C28H31F2N3O2/c1-34-27-13-20(12-24(19-3-4-19)28(27)35-2)21-11-18(15-32-16-21)17-33(22-7-9-31-10-8-22)23-5-6-25(29)26(30)14-23/h5-6,11-16,19,22,31H,3-4,7-10,17H2,1-2H3. The molecular formula is C28H31F2N3O2. The number of ether oxygens (including phenoxy) is 2. The van der Waals surface area contributed by atoms with Gasteiger partial charge in [0.05, 0.1) is 14.2 Å². The highest BCUT2D eigenvalue weighted by molar-refractivity contribution is 5.70. The molecule has 5 rings (SSSR count). The Morgan fingerprint density at radius 2 is 1.71 bits per heavy atom. The minimum absolute atomic E-state index is 0.229. The van der Waals surface area contributed by atoms with Crippen LogP contribution >= 0.6 is 0 Å². The Morgan fingerprint density at radius 3 is 2.40 bits per heavy atom. The predicted molar refractivity (Wildman–Crippen MR) is 133 cm³/mol. The van der Waals surface area contributed by atoms with Crippen molar-refractivity contribution in [3.8, 4) is 22.6 Å². The number of aromatic nitrogens is 1. The monoisotopic (exact) mass is 479 g/mol. The third-order valence-electron chi connectivity index (χ3n) is 6.99. The van der Waals surface area contributed by atoms with Crippen molar-refractivity contribution in [3.63, 3.8) is 0 Å². The van der Waals surface area contributed by atoms with E-state index < -0.39 is 11.6 Å². The van der Waals surface area contributed by atoms with Crippen LogP contribution in [0.15, 0.2) is 48.8 Å². The van der Waals surface area contributed by atoms with Crippen LogP contribution < -0.4 is 19.7 Å². The number of anilines is 1. The molecule has 2 fully saturated rings. The number of piperidine rings is 1. The van der Waals surface area contributed by atoms with Crippen molar-refractivity contribution in [2.24, 2.45) is 0 Å². The first kappa shape index (κ1) is 23.5. The Hall–Kier alpha value is -3.19. The molecule has 1 aliphatic heterocycles. The van der Waals surface area contributed by atoms with Gasteiger partial charge in [-0.3, -0.25) is 4.98 Å². The maximum atomic E-state index is 14.1. The zero-order chi connectivity index (χ0) is 24.4. The summed E-state index contributed by atoms with van der Waals surface area (Å²) in [5, 5.41) is 3.38. The van der Waals surface area contributed by atoms with Crippen molar-refractivity contribution < 1.29 is 18.3 Å². The Balaban J connectivity index is 1.48. The summed E-state index contributed by atoms with van der Waals surface area (Å²) in [4.78, 5) is 6.70. The Labute approximate surface area is 205 Å². The number of methoxy groups -OCH3 is 2. The molecule has 184 valence electrons. The maximum absolute atomic E-state index is 14.1. The summed E-state index contributed by atoms with van der Waals surface area (Å²) in [5.74, 6) is 0.362. The molecular weight excluding hydrogens is 448 g/mol. The summed E-state index contributed by atoms with van der Waals surface area (Å²) in [6.45, 7) is 2.36. The van der Waals surface area contributed by atoms with Crippen LogP contribution in [0.25, 0.3) is 11.1 Å². The van der Waals surface area contributed by atoms with Gasteiger partial charge in [-0.05, 0) is 86.1 Å². The maximum Gasteiger partial charge on any atom is 0.164 e. The molecule has 0 bridgehead atoms. The van der Waals surface area contributed by atoms with Crippen molar-refractivity contribution in [2.75, 3.05) is 32.2 Å². The molecule has 2 heterocycles. The number of nitrogens with one attached hydrogen (secondary N) is 1. The van der Waals surface area contributed by atoms with Crippen LogP contribution in [0.4, 0.5) is 14.5 Å². The first-order chi connectivity index (χ1) is 17.1. The molecule has 0 unspecified atom stereocenters. The van der Waals surface area contributed by atoms with E-state index in [1.165, 1.54) is 17.7 Å². The number of hydrogen-bond donors (Lipinski definition) is 1. The SMILES string of the molecule is COc1cc(-c2cncc(CN(c3ccc(F)c(F)c3)C3CCNCC3)c2)cc(C2CC2)c1OC. The van der Waals surface area contributed by atoms with Crippen LogP contribution in [0.5, 0.6) is 11.5 Å². The van der Waals surface area contributed by atoms with Gasteiger partial charge in [0.1, 0.15) is 0 Å². The second kappa shape index (κ2) is 10.2. The largest absolute Gasteiger partial charge is 0.493 e. The van der Waals surface area contributed by atoms with E-state index in [1.807, 2.05) is 18.5 Å². The van der Waals surface area contributed by atoms with E-state index in [0.717, 1.165) is 67.0 Å². The van der Waals surface area contributed by atoms with E-state index in [4.69, 9.17) is 9.47 Å². The molecule has 1 saturated heterocycles. The Morgan fingerprint density at radius 1 is 0.914 bits per heavy atom. The quantitative estimate of drug-likeness (QED) is 0.450. The van der Waals surface area contributed by atoms with Gasteiger partial charge >= 0.3 is 0 Å². The van der Waals surface area contributed by atoms with Gasteiger partial charge in [-0.1, -0.05) is 0 Å². The lowest BCUT2D eigenvalue weighted by Gasteiger charge is -2.36. The van der Waals surface area contributed by atoms with Crippen LogP contribution in [-0.4, -0.2) is 38.3 Å². The van der Waals surface area contributed by atoms with Crippen molar-refractivity contribution in [1.82, 2.24) is 10.3 Å². The molecule has 1 saturated carbocycles. The summed E-state index contributed by atoms with van der Waals surface area (Å²) < 4.78 is 39.1. The topological polar surface area (TPSA) is 46.6 Å². The van der Waals surface area contributed by atoms with E-state index >= 15 is 0 Å². The molecule has 1 N–H and O–H groups in total. The van der Waals surface area contributed by atoms with Crippen LogP contribution in [0.2, 0.25) is 0 Å². The summed E-state index contributed by atoms with van der Waals surface area (Å²) in [6.07, 6.45) is 7.88. The van der Waals surface area contributed by atoms with Crippen molar-refractivity contribution in [2.45, 2.75) is 44.2 Å². The molecule has 0 spiro atoms. The van der Waals surface area contributed by atoms with Crippen LogP contribution in [0.1, 0.15) is 42.7 Å². The molecule has 0 radical (unpaired) electrons. The van der Waals surface area contributed by atoms with Gasteiger partial charge in [0.25, 0.3) is 0 Å². The highest BCUT2D eigenvalue weighted by Gasteiger charge is 2.29. The number of nitrogens with zero attached hydrogens (tertiary/aromatic N) is 2. The van der Waals surface area contributed by atoms with E-state index in [1.54, 1.807) is 20.3 Å². The smallest absolute Gasteiger partial charge is 0.164 e. The molecule has 0 atom stereocenters. The van der Waals surface area contributed by atoms with Gasteiger partial charge in [0, 0.05) is 47.9 Å². The molecule has 7 heteroatoms. The number of benzene rings is 2. The van der Waals surface area contributed by atoms with Gasteiger partial charge in [-0.25, -0.2) is 8.78 Å². The fourth-order valence-electron chi connectivity index (χ4n) is 5.00. The third-order valence-corrected chi connectivity index (χ3v) is 6.99.